The van der Waals surface area contributed by atoms with Gasteiger partial charge in [0.15, 0.2) is 0 Å². The molecule has 4 heteroatoms. The van der Waals surface area contributed by atoms with Crippen molar-refractivity contribution in [3.8, 4) is 0 Å². The van der Waals surface area contributed by atoms with Gasteiger partial charge in [0, 0.05) is 25.6 Å². The summed E-state index contributed by atoms with van der Waals surface area (Å²) in [7, 11) is 2.00. The number of rotatable bonds is 5. The molecule has 0 spiro atoms. The summed E-state index contributed by atoms with van der Waals surface area (Å²) in [5.41, 5.74) is 2.75. The molecule has 0 amide bonds. The zero-order valence-electron chi connectivity index (χ0n) is 10.4. The predicted molar refractivity (Wildman–Crippen MR) is 63.2 cm³/mol. The zero-order chi connectivity index (χ0) is 11.6. The highest BCUT2D eigenvalue weighted by atomic mass is 16.5. The summed E-state index contributed by atoms with van der Waals surface area (Å²) in [5.74, 6) is 0. The zero-order valence-corrected chi connectivity index (χ0v) is 10.4. The van der Waals surface area contributed by atoms with E-state index in [9.17, 15) is 0 Å². The fourth-order valence-electron chi connectivity index (χ4n) is 1.95. The highest BCUT2D eigenvalue weighted by Crippen LogP contribution is 2.25. The number of aromatic nitrogens is 2. The molecule has 1 fully saturated rings. The van der Waals surface area contributed by atoms with Gasteiger partial charge in [-0.15, -0.1) is 0 Å². The molecule has 2 rings (SSSR count). The summed E-state index contributed by atoms with van der Waals surface area (Å²) in [4.78, 5) is 0. The highest BCUT2D eigenvalue weighted by Gasteiger charge is 2.32. The van der Waals surface area contributed by atoms with Crippen LogP contribution in [0.3, 0.4) is 0 Å². The third-order valence-corrected chi connectivity index (χ3v) is 3.15. The molecular formula is C12H21N3O. The van der Waals surface area contributed by atoms with Crippen LogP contribution in [0.25, 0.3) is 0 Å². The molecular weight excluding hydrogens is 202 g/mol. The van der Waals surface area contributed by atoms with Gasteiger partial charge in [0.2, 0.25) is 0 Å². The molecule has 90 valence electrons. The Labute approximate surface area is 97.0 Å². The minimum atomic E-state index is 0.339. The summed E-state index contributed by atoms with van der Waals surface area (Å²) in [5, 5.41) is 7.91. The van der Waals surface area contributed by atoms with Crippen LogP contribution >= 0.6 is 0 Å². The summed E-state index contributed by atoms with van der Waals surface area (Å²) in [6.07, 6.45) is 0.999. The number of hydrogen-bond donors (Lipinski definition) is 1. The molecule has 1 N–H and O–H groups in total. The lowest BCUT2D eigenvalue weighted by molar-refractivity contribution is -0.0992. The maximum Gasteiger partial charge on any atom is 0.0625 e. The third kappa shape index (κ3) is 2.44. The maximum atomic E-state index is 5.23. The molecule has 1 aliphatic heterocycles. The fourth-order valence-corrected chi connectivity index (χ4v) is 1.95. The lowest BCUT2D eigenvalue weighted by Gasteiger charge is -2.38. The Hall–Kier alpha value is -0.870. The Balaban J connectivity index is 1.82. The third-order valence-electron chi connectivity index (χ3n) is 3.15. The van der Waals surface area contributed by atoms with Crippen LogP contribution in [0.1, 0.15) is 25.2 Å². The van der Waals surface area contributed by atoms with E-state index in [2.05, 4.69) is 30.3 Å². The monoisotopic (exact) mass is 223 g/mol. The Kier molecular flexibility index (Phi) is 3.30. The molecule has 0 radical (unpaired) electrons. The number of nitrogens with one attached hydrogen (secondary N) is 1. The van der Waals surface area contributed by atoms with Crippen molar-refractivity contribution >= 4 is 0 Å². The van der Waals surface area contributed by atoms with E-state index in [0.717, 1.165) is 38.4 Å². The number of ether oxygens (including phenoxy) is 1. The van der Waals surface area contributed by atoms with Gasteiger partial charge in [-0.3, -0.25) is 4.68 Å². The quantitative estimate of drug-likeness (QED) is 0.812. The lowest BCUT2D eigenvalue weighted by atomic mass is 9.89. The van der Waals surface area contributed by atoms with E-state index >= 15 is 0 Å². The lowest BCUT2D eigenvalue weighted by Crippen LogP contribution is -2.47. The van der Waals surface area contributed by atoms with Crippen molar-refractivity contribution in [3.63, 3.8) is 0 Å². The maximum absolute atomic E-state index is 5.23. The first-order valence-electron chi connectivity index (χ1n) is 5.93. The second kappa shape index (κ2) is 4.55. The Bertz CT molecular complexity index is 355. The standard InChI is InChI=1S/C12H21N3O/c1-4-10-5-11(15(3)14-10)6-13-7-12(2)8-16-9-12/h5,13H,4,6-9H2,1-3H3. The Morgan fingerprint density at radius 1 is 1.56 bits per heavy atom. The van der Waals surface area contributed by atoms with Gasteiger partial charge < -0.3 is 10.1 Å². The minimum Gasteiger partial charge on any atom is -0.380 e. The van der Waals surface area contributed by atoms with Crippen molar-refractivity contribution < 1.29 is 4.74 Å². The molecule has 1 saturated heterocycles. The smallest absolute Gasteiger partial charge is 0.0625 e. The van der Waals surface area contributed by atoms with Crippen molar-refractivity contribution in [1.29, 1.82) is 0 Å². The van der Waals surface area contributed by atoms with Crippen molar-refractivity contribution in [2.45, 2.75) is 26.8 Å². The summed E-state index contributed by atoms with van der Waals surface area (Å²) < 4.78 is 7.19. The summed E-state index contributed by atoms with van der Waals surface area (Å²) >= 11 is 0. The first-order valence-corrected chi connectivity index (χ1v) is 5.93. The second-order valence-electron chi connectivity index (χ2n) is 5.01. The Morgan fingerprint density at radius 2 is 2.31 bits per heavy atom. The van der Waals surface area contributed by atoms with E-state index in [1.165, 1.54) is 5.69 Å². The fraction of sp³-hybridized carbons (Fsp3) is 0.750. The molecule has 0 unspecified atom stereocenters. The Morgan fingerprint density at radius 3 is 2.81 bits per heavy atom. The van der Waals surface area contributed by atoms with Crippen molar-refractivity contribution in [1.82, 2.24) is 15.1 Å². The van der Waals surface area contributed by atoms with Gasteiger partial charge in [0.25, 0.3) is 0 Å². The van der Waals surface area contributed by atoms with E-state index in [1.807, 2.05) is 11.7 Å². The van der Waals surface area contributed by atoms with Crippen LogP contribution in [0, 0.1) is 5.41 Å². The second-order valence-corrected chi connectivity index (χ2v) is 5.01. The number of hydrogen-bond acceptors (Lipinski definition) is 3. The molecule has 0 bridgehead atoms. The van der Waals surface area contributed by atoms with Crippen molar-refractivity contribution in [2.75, 3.05) is 19.8 Å². The first kappa shape index (κ1) is 11.6. The van der Waals surface area contributed by atoms with Gasteiger partial charge in [-0.25, -0.2) is 0 Å². The van der Waals surface area contributed by atoms with Crippen molar-refractivity contribution in [3.05, 3.63) is 17.5 Å². The van der Waals surface area contributed by atoms with E-state index in [0.29, 0.717) is 5.41 Å². The molecule has 1 aliphatic rings. The molecule has 0 atom stereocenters. The van der Waals surface area contributed by atoms with Crippen molar-refractivity contribution in [2.24, 2.45) is 12.5 Å². The average Bonchev–Trinajstić information content (AvgIpc) is 2.57. The number of nitrogens with zero attached hydrogens (tertiary/aromatic N) is 2. The topological polar surface area (TPSA) is 39.1 Å². The molecule has 0 saturated carbocycles. The SMILES string of the molecule is CCc1cc(CNCC2(C)COC2)n(C)n1. The van der Waals surface area contributed by atoms with Gasteiger partial charge in [0.05, 0.1) is 24.6 Å². The molecule has 0 aromatic carbocycles. The molecule has 1 aromatic heterocycles. The van der Waals surface area contributed by atoms with E-state index in [1.54, 1.807) is 0 Å². The predicted octanol–water partition coefficient (Wildman–Crippen LogP) is 1.11. The van der Waals surface area contributed by atoms with Crippen LogP contribution in [-0.2, 0) is 24.8 Å². The number of aryl methyl sites for hydroxylation is 2. The van der Waals surface area contributed by atoms with E-state index in [4.69, 9.17) is 4.74 Å². The molecule has 16 heavy (non-hydrogen) atoms. The summed E-state index contributed by atoms with van der Waals surface area (Å²) in [6, 6.07) is 2.17. The van der Waals surface area contributed by atoms with Crippen LogP contribution < -0.4 is 5.32 Å². The normalized spacial score (nSPS) is 18.4. The summed E-state index contributed by atoms with van der Waals surface area (Å²) in [6.45, 7) is 8.05. The van der Waals surface area contributed by atoms with Gasteiger partial charge in [-0.2, -0.15) is 5.10 Å². The minimum absolute atomic E-state index is 0.339. The van der Waals surface area contributed by atoms with Crippen LogP contribution in [-0.4, -0.2) is 29.5 Å². The van der Waals surface area contributed by atoms with Gasteiger partial charge in [-0.1, -0.05) is 13.8 Å². The van der Waals surface area contributed by atoms with E-state index < -0.39 is 0 Å². The van der Waals surface area contributed by atoms with E-state index in [-0.39, 0.29) is 0 Å². The highest BCUT2D eigenvalue weighted by molar-refractivity contribution is 5.10. The van der Waals surface area contributed by atoms with Crippen LogP contribution in [0.4, 0.5) is 0 Å². The largest absolute Gasteiger partial charge is 0.380 e. The van der Waals surface area contributed by atoms with Crippen LogP contribution in [0.5, 0.6) is 0 Å². The molecule has 0 aliphatic carbocycles. The average molecular weight is 223 g/mol. The van der Waals surface area contributed by atoms with Gasteiger partial charge in [0.1, 0.15) is 0 Å². The van der Waals surface area contributed by atoms with Crippen LogP contribution in [0.15, 0.2) is 6.07 Å². The molecule has 4 nitrogen and oxygen atoms in total. The molecule has 2 heterocycles. The molecule has 1 aromatic rings. The van der Waals surface area contributed by atoms with Crippen LogP contribution in [0.2, 0.25) is 0 Å². The van der Waals surface area contributed by atoms with Gasteiger partial charge in [-0.05, 0) is 12.5 Å². The van der Waals surface area contributed by atoms with Gasteiger partial charge >= 0.3 is 0 Å². The first-order chi connectivity index (χ1) is 7.63.